The molecule has 0 saturated carbocycles. The van der Waals surface area contributed by atoms with Crippen LogP contribution in [0.3, 0.4) is 0 Å². The summed E-state index contributed by atoms with van der Waals surface area (Å²) in [5.74, 6) is -0.537. The summed E-state index contributed by atoms with van der Waals surface area (Å²) in [6.07, 6.45) is 1.25. The maximum absolute atomic E-state index is 13.0. The molecule has 8 nitrogen and oxygen atoms in total. The zero-order valence-electron chi connectivity index (χ0n) is 19.1. The topological polar surface area (TPSA) is 87.2 Å². The van der Waals surface area contributed by atoms with Gasteiger partial charge in [0.05, 0.1) is 18.1 Å². The van der Waals surface area contributed by atoms with Gasteiger partial charge in [0.2, 0.25) is 0 Å². The molecule has 0 radical (unpaired) electrons. The largest absolute Gasteiger partial charge is 0.450 e. The number of carbonyl (C=O) groups excluding carboxylic acids is 4. The quantitative estimate of drug-likeness (QED) is 0.547. The van der Waals surface area contributed by atoms with Crippen LogP contribution in [0.5, 0.6) is 0 Å². The summed E-state index contributed by atoms with van der Waals surface area (Å²) < 4.78 is 5.02. The molecule has 2 aliphatic heterocycles. The van der Waals surface area contributed by atoms with Gasteiger partial charge in [-0.3, -0.25) is 19.3 Å². The molecule has 2 aliphatic rings. The van der Waals surface area contributed by atoms with Gasteiger partial charge in [-0.1, -0.05) is 35.9 Å². The minimum Gasteiger partial charge on any atom is -0.450 e. The molecule has 4 rings (SSSR count). The van der Waals surface area contributed by atoms with Crippen molar-refractivity contribution in [3.63, 3.8) is 0 Å². The highest BCUT2D eigenvalue weighted by molar-refractivity contribution is 8.18. The summed E-state index contributed by atoms with van der Waals surface area (Å²) >= 11 is 6.88. The van der Waals surface area contributed by atoms with Crippen LogP contribution < -0.4 is 0 Å². The summed E-state index contributed by atoms with van der Waals surface area (Å²) in [4.78, 5) is 55.0. The molecule has 0 unspecified atom stereocenters. The first-order chi connectivity index (χ1) is 16.9. The Hall–Kier alpha value is -3.30. The van der Waals surface area contributed by atoms with E-state index in [1.807, 2.05) is 0 Å². The number of hydrogen-bond donors (Lipinski definition) is 0. The second kappa shape index (κ2) is 11.0. The molecule has 0 bridgehead atoms. The molecule has 2 aromatic carbocycles. The molecular formula is C25H24ClN3O5S. The van der Waals surface area contributed by atoms with E-state index in [0.29, 0.717) is 53.8 Å². The Kier molecular flexibility index (Phi) is 7.77. The van der Waals surface area contributed by atoms with E-state index in [2.05, 4.69) is 0 Å². The average molecular weight is 514 g/mol. The molecule has 0 atom stereocenters. The van der Waals surface area contributed by atoms with E-state index in [0.717, 1.165) is 17.3 Å². The van der Waals surface area contributed by atoms with Gasteiger partial charge in [-0.05, 0) is 60.2 Å². The third kappa shape index (κ3) is 5.86. The zero-order valence-corrected chi connectivity index (χ0v) is 20.7. The highest BCUT2D eigenvalue weighted by Gasteiger charge is 2.35. The molecule has 0 spiro atoms. The maximum Gasteiger partial charge on any atom is 0.409 e. The first-order valence-electron chi connectivity index (χ1n) is 11.2. The lowest BCUT2D eigenvalue weighted by molar-refractivity contribution is -0.123. The molecule has 0 N–H and O–H groups in total. The van der Waals surface area contributed by atoms with Gasteiger partial charge in [-0.25, -0.2) is 4.79 Å². The van der Waals surface area contributed by atoms with Gasteiger partial charge in [0.25, 0.3) is 17.1 Å². The Bertz CT molecular complexity index is 1190. The fraction of sp³-hybridized carbons (Fsp3) is 0.280. The van der Waals surface area contributed by atoms with Crippen molar-refractivity contribution in [3.05, 3.63) is 75.1 Å². The van der Waals surface area contributed by atoms with E-state index in [9.17, 15) is 19.2 Å². The number of nitrogens with zero attached hydrogens (tertiary/aromatic N) is 3. The van der Waals surface area contributed by atoms with Crippen molar-refractivity contribution in [1.29, 1.82) is 0 Å². The third-order valence-corrected chi connectivity index (χ3v) is 6.77. The van der Waals surface area contributed by atoms with Crippen LogP contribution in [-0.2, 0) is 16.1 Å². The Labute approximate surface area is 212 Å². The summed E-state index contributed by atoms with van der Waals surface area (Å²) in [6, 6.07) is 14.0. The second-order valence-electron chi connectivity index (χ2n) is 8.00. The first kappa shape index (κ1) is 24.8. The molecular weight excluding hydrogens is 490 g/mol. The molecule has 0 aromatic heterocycles. The highest BCUT2D eigenvalue weighted by atomic mass is 35.5. The number of benzene rings is 2. The summed E-state index contributed by atoms with van der Waals surface area (Å²) in [5.41, 5.74) is 1.88. The van der Waals surface area contributed by atoms with E-state index in [-0.39, 0.29) is 29.7 Å². The fourth-order valence-electron chi connectivity index (χ4n) is 3.86. The van der Waals surface area contributed by atoms with Crippen LogP contribution in [0, 0.1) is 0 Å². The number of imide groups is 1. The van der Waals surface area contributed by atoms with E-state index >= 15 is 0 Å². The Balaban J connectivity index is 1.43. The Morgan fingerprint density at radius 2 is 1.74 bits per heavy atom. The van der Waals surface area contributed by atoms with Crippen molar-refractivity contribution < 1.29 is 23.9 Å². The minimum absolute atomic E-state index is 0.138. The van der Waals surface area contributed by atoms with Gasteiger partial charge >= 0.3 is 6.09 Å². The molecule has 35 heavy (non-hydrogen) atoms. The van der Waals surface area contributed by atoms with Crippen LogP contribution in [-0.4, -0.2) is 70.6 Å². The molecule has 182 valence electrons. The van der Waals surface area contributed by atoms with Gasteiger partial charge in [0, 0.05) is 36.8 Å². The number of carbonyl (C=O) groups is 4. The smallest absolute Gasteiger partial charge is 0.409 e. The highest BCUT2D eigenvalue weighted by Crippen LogP contribution is 2.33. The molecule has 10 heteroatoms. The van der Waals surface area contributed by atoms with Crippen molar-refractivity contribution in [2.75, 3.05) is 32.8 Å². The fourth-order valence-corrected chi connectivity index (χ4v) is 4.91. The number of halogens is 1. The lowest BCUT2D eigenvalue weighted by Crippen LogP contribution is -2.50. The number of thioether (sulfide) groups is 1. The predicted molar refractivity (Wildman–Crippen MR) is 134 cm³/mol. The van der Waals surface area contributed by atoms with Gasteiger partial charge in [-0.2, -0.15) is 0 Å². The van der Waals surface area contributed by atoms with Crippen molar-refractivity contribution in [1.82, 2.24) is 14.7 Å². The third-order valence-electron chi connectivity index (χ3n) is 5.63. The maximum atomic E-state index is 13.0. The van der Waals surface area contributed by atoms with Crippen molar-refractivity contribution in [3.8, 4) is 0 Å². The van der Waals surface area contributed by atoms with Crippen LogP contribution >= 0.6 is 23.4 Å². The van der Waals surface area contributed by atoms with Gasteiger partial charge in [-0.15, -0.1) is 0 Å². The van der Waals surface area contributed by atoms with Crippen LogP contribution in [0.2, 0.25) is 5.02 Å². The predicted octanol–water partition coefficient (Wildman–Crippen LogP) is 4.49. The summed E-state index contributed by atoms with van der Waals surface area (Å²) in [5, 5.41) is 0.182. The Morgan fingerprint density at radius 3 is 2.46 bits per heavy atom. The first-order valence-corrected chi connectivity index (χ1v) is 12.4. The molecule has 4 amide bonds. The SMILES string of the molecule is CCOC(=O)N1CCN(C(=O)c2cccc(/C=C3\SC(=O)N(Cc4cccc(Cl)c4)C3=O)c2)CC1. The number of amides is 4. The van der Waals surface area contributed by atoms with Crippen molar-refractivity contribution in [2.45, 2.75) is 13.5 Å². The summed E-state index contributed by atoms with van der Waals surface area (Å²) in [6.45, 7) is 3.83. The van der Waals surface area contributed by atoms with E-state index in [1.54, 1.807) is 71.3 Å². The minimum atomic E-state index is -0.383. The monoisotopic (exact) mass is 513 g/mol. The second-order valence-corrected chi connectivity index (χ2v) is 9.43. The number of rotatable bonds is 5. The number of hydrogen-bond acceptors (Lipinski definition) is 6. The van der Waals surface area contributed by atoms with E-state index in [4.69, 9.17) is 16.3 Å². The van der Waals surface area contributed by atoms with Gasteiger partial charge in [0.15, 0.2) is 0 Å². The van der Waals surface area contributed by atoms with Crippen molar-refractivity contribution in [2.24, 2.45) is 0 Å². The normalized spacial score (nSPS) is 17.3. The number of piperazine rings is 1. The van der Waals surface area contributed by atoms with Gasteiger partial charge < -0.3 is 14.5 Å². The lowest BCUT2D eigenvalue weighted by Gasteiger charge is -2.34. The van der Waals surface area contributed by atoms with Crippen LogP contribution in [0.1, 0.15) is 28.4 Å². The Morgan fingerprint density at radius 1 is 1.03 bits per heavy atom. The number of ether oxygens (including phenoxy) is 1. The molecule has 0 aliphatic carbocycles. The van der Waals surface area contributed by atoms with Crippen LogP contribution in [0.25, 0.3) is 6.08 Å². The average Bonchev–Trinajstić information content (AvgIpc) is 3.11. The lowest BCUT2D eigenvalue weighted by atomic mass is 10.1. The summed E-state index contributed by atoms with van der Waals surface area (Å²) in [7, 11) is 0. The zero-order chi connectivity index (χ0) is 24.9. The molecule has 2 heterocycles. The molecule has 2 fully saturated rings. The van der Waals surface area contributed by atoms with Gasteiger partial charge in [0.1, 0.15) is 0 Å². The molecule has 2 aromatic rings. The molecule has 2 saturated heterocycles. The van der Waals surface area contributed by atoms with Crippen LogP contribution in [0.15, 0.2) is 53.4 Å². The van der Waals surface area contributed by atoms with Crippen LogP contribution in [0.4, 0.5) is 9.59 Å². The van der Waals surface area contributed by atoms with E-state index < -0.39 is 0 Å². The van der Waals surface area contributed by atoms with E-state index in [1.165, 1.54) is 4.90 Å². The standard InChI is InChI=1S/C25H24ClN3O5S/c1-2-34-24(32)28-11-9-27(10-12-28)22(30)19-7-3-5-17(13-19)15-21-23(31)29(25(33)35-21)16-18-6-4-8-20(26)14-18/h3-8,13-15H,2,9-12,16H2,1H3/b21-15-. The van der Waals surface area contributed by atoms with Crippen molar-refractivity contribution >= 4 is 52.6 Å².